The second-order valence-electron chi connectivity index (χ2n) is 5.35. The van der Waals surface area contributed by atoms with Crippen LogP contribution in [0.4, 0.5) is 13.2 Å². The van der Waals surface area contributed by atoms with Gasteiger partial charge in [0.2, 0.25) is 0 Å². The number of thioether (sulfide) groups is 1. The van der Waals surface area contributed by atoms with E-state index in [4.69, 9.17) is 0 Å². The smallest absolute Gasteiger partial charge is 0.387 e. The van der Waals surface area contributed by atoms with Crippen molar-refractivity contribution < 1.29 is 18.3 Å². The Kier molecular flexibility index (Phi) is 5.96. The van der Waals surface area contributed by atoms with Gasteiger partial charge in [-0.1, -0.05) is 12.1 Å². The lowest BCUT2D eigenvalue weighted by atomic mass is 10.0. The van der Waals surface area contributed by atoms with Crippen LogP contribution in [0.15, 0.2) is 24.3 Å². The highest BCUT2D eigenvalue weighted by Gasteiger charge is 2.30. The molecule has 0 saturated carbocycles. The summed E-state index contributed by atoms with van der Waals surface area (Å²) in [6.07, 6.45) is -2.73. The number of benzene rings is 1. The number of alkyl halides is 3. The van der Waals surface area contributed by atoms with Gasteiger partial charge < -0.3 is 10.4 Å². The van der Waals surface area contributed by atoms with Crippen LogP contribution >= 0.6 is 11.8 Å². The molecule has 1 aliphatic rings. The highest BCUT2D eigenvalue weighted by molar-refractivity contribution is 7.99. The van der Waals surface area contributed by atoms with Gasteiger partial charge in [-0.05, 0) is 54.5 Å². The zero-order valence-corrected chi connectivity index (χ0v) is 12.5. The van der Waals surface area contributed by atoms with E-state index < -0.39 is 17.8 Å². The van der Waals surface area contributed by atoms with Gasteiger partial charge in [-0.3, -0.25) is 0 Å². The predicted octanol–water partition coefficient (Wildman–Crippen LogP) is 3.47. The lowest BCUT2D eigenvalue weighted by Crippen LogP contribution is -2.29. The van der Waals surface area contributed by atoms with Gasteiger partial charge in [0.1, 0.15) is 0 Å². The first kappa shape index (κ1) is 16.6. The van der Waals surface area contributed by atoms with Crippen LogP contribution in [0.2, 0.25) is 0 Å². The maximum Gasteiger partial charge on any atom is 0.416 e. The number of hydrogen-bond acceptors (Lipinski definition) is 3. The van der Waals surface area contributed by atoms with Gasteiger partial charge in [0.05, 0.1) is 11.7 Å². The molecule has 2 N–H and O–H groups in total. The van der Waals surface area contributed by atoms with Crippen LogP contribution in [0.3, 0.4) is 0 Å². The Hall–Kier alpha value is -0.720. The molecule has 1 aromatic carbocycles. The summed E-state index contributed by atoms with van der Waals surface area (Å²) in [5, 5.41) is 13.2. The normalized spacial score (nSPS) is 18.7. The molecule has 6 heteroatoms. The summed E-state index contributed by atoms with van der Waals surface area (Å²) in [5.74, 6) is 3.02. The molecule has 0 aliphatic carbocycles. The third kappa shape index (κ3) is 5.20. The quantitative estimate of drug-likeness (QED) is 0.871. The van der Waals surface area contributed by atoms with Gasteiger partial charge in [0.25, 0.3) is 0 Å². The molecule has 0 aromatic heterocycles. The van der Waals surface area contributed by atoms with E-state index in [1.165, 1.54) is 36.5 Å². The van der Waals surface area contributed by atoms with E-state index >= 15 is 0 Å². The molecule has 1 atom stereocenters. The fourth-order valence-electron chi connectivity index (χ4n) is 2.39. The minimum Gasteiger partial charge on any atom is -0.387 e. The van der Waals surface area contributed by atoms with Crippen molar-refractivity contribution >= 4 is 11.8 Å². The molecule has 1 unspecified atom stereocenters. The summed E-state index contributed by atoms with van der Waals surface area (Å²) < 4.78 is 37.4. The SMILES string of the molecule is OC(CNCC1CCSCC1)c1ccc(C(F)(F)F)cc1. The van der Waals surface area contributed by atoms with Crippen LogP contribution in [0.25, 0.3) is 0 Å². The van der Waals surface area contributed by atoms with Gasteiger partial charge in [0, 0.05) is 6.54 Å². The standard InChI is InChI=1S/C15H20F3NOS/c16-15(17,18)13-3-1-12(2-4-13)14(20)10-19-9-11-5-7-21-8-6-11/h1-4,11,14,19-20H,5-10H2. The molecule has 1 aromatic rings. The second-order valence-corrected chi connectivity index (χ2v) is 6.57. The van der Waals surface area contributed by atoms with E-state index in [2.05, 4.69) is 5.32 Å². The number of nitrogens with one attached hydrogen (secondary N) is 1. The zero-order valence-electron chi connectivity index (χ0n) is 11.7. The van der Waals surface area contributed by atoms with Crippen molar-refractivity contribution in [3.05, 3.63) is 35.4 Å². The van der Waals surface area contributed by atoms with Crippen molar-refractivity contribution in [3.8, 4) is 0 Å². The Morgan fingerprint density at radius 1 is 1.19 bits per heavy atom. The van der Waals surface area contributed by atoms with Crippen LogP contribution in [0, 0.1) is 5.92 Å². The van der Waals surface area contributed by atoms with Gasteiger partial charge in [-0.15, -0.1) is 0 Å². The van der Waals surface area contributed by atoms with E-state index in [0.29, 0.717) is 18.0 Å². The molecule has 1 saturated heterocycles. The van der Waals surface area contributed by atoms with Gasteiger partial charge >= 0.3 is 6.18 Å². The number of hydrogen-bond donors (Lipinski definition) is 2. The van der Waals surface area contributed by atoms with E-state index in [-0.39, 0.29) is 0 Å². The summed E-state index contributed by atoms with van der Waals surface area (Å²) in [6.45, 7) is 1.23. The van der Waals surface area contributed by atoms with Crippen molar-refractivity contribution in [1.82, 2.24) is 5.32 Å². The Labute approximate surface area is 127 Å². The molecule has 1 fully saturated rings. The van der Waals surface area contributed by atoms with Gasteiger partial charge in [-0.25, -0.2) is 0 Å². The Balaban J connectivity index is 1.78. The number of aliphatic hydroxyl groups is 1. The lowest BCUT2D eigenvalue weighted by molar-refractivity contribution is -0.137. The molecule has 0 radical (unpaired) electrons. The highest BCUT2D eigenvalue weighted by atomic mass is 32.2. The molecule has 0 amide bonds. The summed E-state index contributed by atoms with van der Waals surface area (Å²) in [5.41, 5.74) is -0.180. The third-order valence-electron chi connectivity index (χ3n) is 3.73. The van der Waals surface area contributed by atoms with Crippen LogP contribution in [0.1, 0.15) is 30.1 Å². The monoisotopic (exact) mass is 319 g/mol. The van der Waals surface area contributed by atoms with Crippen LogP contribution in [-0.4, -0.2) is 29.7 Å². The first-order valence-electron chi connectivity index (χ1n) is 7.10. The van der Waals surface area contributed by atoms with Gasteiger partial charge in [-0.2, -0.15) is 24.9 Å². The van der Waals surface area contributed by atoms with Crippen LogP contribution in [-0.2, 0) is 6.18 Å². The fraction of sp³-hybridized carbons (Fsp3) is 0.600. The molecule has 0 bridgehead atoms. The number of aliphatic hydroxyl groups excluding tert-OH is 1. The van der Waals surface area contributed by atoms with Crippen molar-refractivity contribution in [2.45, 2.75) is 25.1 Å². The summed E-state index contributed by atoms with van der Waals surface area (Å²) in [6, 6.07) is 4.70. The summed E-state index contributed by atoms with van der Waals surface area (Å²) in [7, 11) is 0. The Bertz CT molecular complexity index is 430. The van der Waals surface area contributed by atoms with E-state index in [1.54, 1.807) is 0 Å². The molecule has 0 spiro atoms. The van der Waals surface area contributed by atoms with Crippen molar-refractivity contribution in [2.75, 3.05) is 24.6 Å². The average molecular weight is 319 g/mol. The molecule has 1 heterocycles. The van der Waals surface area contributed by atoms with Crippen molar-refractivity contribution in [2.24, 2.45) is 5.92 Å². The number of halogens is 3. The van der Waals surface area contributed by atoms with Gasteiger partial charge in [0.15, 0.2) is 0 Å². The van der Waals surface area contributed by atoms with E-state index in [1.807, 2.05) is 11.8 Å². The molecule has 118 valence electrons. The minimum atomic E-state index is -4.33. The molecule has 21 heavy (non-hydrogen) atoms. The van der Waals surface area contributed by atoms with Crippen LogP contribution < -0.4 is 5.32 Å². The van der Waals surface area contributed by atoms with Crippen molar-refractivity contribution in [1.29, 1.82) is 0 Å². The second kappa shape index (κ2) is 7.51. The predicted molar refractivity (Wildman–Crippen MR) is 79.3 cm³/mol. The Morgan fingerprint density at radius 3 is 2.38 bits per heavy atom. The Morgan fingerprint density at radius 2 is 1.81 bits per heavy atom. The van der Waals surface area contributed by atoms with E-state index in [0.717, 1.165) is 18.7 Å². The molecule has 2 nitrogen and oxygen atoms in total. The topological polar surface area (TPSA) is 32.3 Å². The molecular weight excluding hydrogens is 299 g/mol. The zero-order chi connectivity index (χ0) is 15.3. The maximum atomic E-state index is 12.5. The average Bonchev–Trinajstić information content (AvgIpc) is 2.47. The molecular formula is C15H20F3NOS. The molecule has 2 rings (SSSR count). The largest absolute Gasteiger partial charge is 0.416 e. The minimum absolute atomic E-state index is 0.370. The first-order chi connectivity index (χ1) is 9.97. The van der Waals surface area contributed by atoms with Crippen molar-refractivity contribution in [3.63, 3.8) is 0 Å². The fourth-order valence-corrected chi connectivity index (χ4v) is 3.59. The molecule has 1 aliphatic heterocycles. The van der Waals surface area contributed by atoms with E-state index in [9.17, 15) is 18.3 Å². The van der Waals surface area contributed by atoms with Crippen LogP contribution in [0.5, 0.6) is 0 Å². The lowest BCUT2D eigenvalue weighted by Gasteiger charge is -2.22. The third-order valence-corrected chi connectivity index (χ3v) is 4.78. The maximum absolute atomic E-state index is 12.5. The summed E-state index contributed by atoms with van der Waals surface area (Å²) in [4.78, 5) is 0. The summed E-state index contributed by atoms with van der Waals surface area (Å²) >= 11 is 1.97. The highest BCUT2D eigenvalue weighted by Crippen LogP contribution is 2.29. The first-order valence-corrected chi connectivity index (χ1v) is 8.26. The number of rotatable bonds is 5.